The zero-order valence-electron chi connectivity index (χ0n) is 14.9. The summed E-state index contributed by atoms with van der Waals surface area (Å²) < 4.78 is 5.54. The summed E-state index contributed by atoms with van der Waals surface area (Å²) in [6.07, 6.45) is 0.170. The quantitative estimate of drug-likeness (QED) is 0.696. The van der Waals surface area contributed by atoms with E-state index in [9.17, 15) is 9.59 Å². The van der Waals surface area contributed by atoms with Crippen molar-refractivity contribution in [1.82, 2.24) is 10.6 Å². The van der Waals surface area contributed by atoms with Crippen molar-refractivity contribution in [1.29, 1.82) is 0 Å². The molecule has 1 unspecified atom stereocenters. The molecule has 0 aromatic heterocycles. The summed E-state index contributed by atoms with van der Waals surface area (Å²) in [6.45, 7) is 4.16. The van der Waals surface area contributed by atoms with Crippen molar-refractivity contribution in [2.24, 2.45) is 0 Å². The number of nitrogens with one attached hydrogen (secondary N) is 2. The van der Waals surface area contributed by atoms with Gasteiger partial charge in [0.1, 0.15) is 12.4 Å². The Labute approximate surface area is 158 Å². The molecular formula is C20H23ClN2O3. The number of benzene rings is 2. The van der Waals surface area contributed by atoms with Gasteiger partial charge in [-0.1, -0.05) is 41.4 Å². The number of aryl methyl sites for hydroxylation is 1. The summed E-state index contributed by atoms with van der Waals surface area (Å²) in [5.41, 5.74) is 2.03. The Morgan fingerprint density at radius 3 is 2.35 bits per heavy atom. The number of ether oxygens (including phenoxy) is 1. The van der Waals surface area contributed by atoms with Gasteiger partial charge in [0.25, 0.3) is 0 Å². The Morgan fingerprint density at radius 2 is 1.73 bits per heavy atom. The van der Waals surface area contributed by atoms with E-state index in [4.69, 9.17) is 16.3 Å². The Hall–Kier alpha value is -2.53. The number of carbonyl (C=O) groups is 2. The Balaban J connectivity index is 1.81. The highest BCUT2D eigenvalue weighted by Gasteiger charge is 2.16. The van der Waals surface area contributed by atoms with Crippen molar-refractivity contribution in [3.05, 3.63) is 64.7 Å². The molecule has 1 atom stereocenters. The standard InChI is InChI=1S/C20H23ClN2O3/c1-14-3-5-16(6-4-14)19(23-15(2)24)13-20(25)22-11-12-26-18-9-7-17(21)8-10-18/h3-10,19H,11-13H2,1-2H3,(H,22,25)(H,23,24). The van der Waals surface area contributed by atoms with E-state index in [0.717, 1.165) is 11.1 Å². The van der Waals surface area contributed by atoms with Crippen LogP contribution in [-0.4, -0.2) is 25.0 Å². The number of rotatable bonds is 8. The van der Waals surface area contributed by atoms with Gasteiger partial charge in [0.15, 0.2) is 0 Å². The molecule has 0 aliphatic heterocycles. The molecule has 2 aromatic carbocycles. The molecule has 138 valence electrons. The van der Waals surface area contributed by atoms with Gasteiger partial charge >= 0.3 is 0 Å². The number of hydrogen-bond acceptors (Lipinski definition) is 3. The average molecular weight is 375 g/mol. The van der Waals surface area contributed by atoms with Crippen LogP contribution in [-0.2, 0) is 9.59 Å². The van der Waals surface area contributed by atoms with E-state index in [1.54, 1.807) is 24.3 Å². The van der Waals surface area contributed by atoms with Gasteiger partial charge in [-0.3, -0.25) is 9.59 Å². The van der Waals surface area contributed by atoms with Gasteiger partial charge in [-0.15, -0.1) is 0 Å². The van der Waals surface area contributed by atoms with Gasteiger partial charge in [-0.2, -0.15) is 0 Å². The first-order chi connectivity index (χ1) is 12.4. The summed E-state index contributed by atoms with van der Waals surface area (Å²) in [5.74, 6) is 0.373. The number of amides is 2. The first-order valence-corrected chi connectivity index (χ1v) is 8.80. The second kappa shape index (κ2) is 9.82. The second-order valence-corrected chi connectivity index (χ2v) is 6.46. The van der Waals surface area contributed by atoms with Crippen LogP contribution in [0.2, 0.25) is 5.02 Å². The zero-order chi connectivity index (χ0) is 18.9. The van der Waals surface area contributed by atoms with Gasteiger partial charge < -0.3 is 15.4 Å². The van der Waals surface area contributed by atoms with E-state index in [0.29, 0.717) is 23.9 Å². The van der Waals surface area contributed by atoms with E-state index in [-0.39, 0.29) is 24.3 Å². The van der Waals surface area contributed by atoms with Gasteiger partial charge in [0, 0.05) is 11.9 Å². The minimum Gasteiger partial charge on any atom is -0.492 e. The Morgan fingerprint density at radius 1 is 1.08 bits per heavy atom. The summed E-state index contributed by atoms with van der Waals surface area (Å²) in [7, 11) is 0. The fourth-order valence-corrected chi connectivity index (χ4v) is 2.57. The van der Waals surface area contributed by atoms with E-state index < -0.39 is 0 Å². The van der Waals surface area contributed by atoms with Gasteiger partial charge in [-0.05, 0) is 36.8 Å². The maximum absolute atomic E-state index is 12.2. The molecule has 0 fully saturated rings. The first kappa shape index (κ1) is 19.8. The molecule has 5 nitrogen and oxygen atoms in total. The highest BCUT2D eigenvalue weighted by molar-refractivity contribution is 6.30. The molecule has 2 N–H and O–H groups in total. The molecule has 0 saturated heterocycles. The summed E-state index contributed by atoms with van der Waals surface area (Å²) in [4.78, 5) is 23.6. The Kier molecular flexibility index (Phi) is 7.48. The maximum atomic E-state index is 12.2. The number of carbonyl (C=O) groups excluding carboxylic acids is 2. The molecule has 0 radical (unpaired) electrons. The molecule has 0 saturated carbocycles. The van der Waals surface area contributed by atoms with E-state index in [2.05, 4.69) is 10.6 Å². The third-order valence-electron chi connectivity index (χ3n) is 3.75. The van der Waals surface area contributed by atoms with Crippen molar-refractivity contribution in [3.63, 3.8) is 0 Å². The highest BCUT2D eigenvalue weighted by Crippen LogP contribution is 2.18. The minimum absolute atomic E-state index is 0.149. The molecule has 6 heteroatoms. The van der Waals surface area contributed by atoms with E-state index in [1.807, 2.05) is 31.2 Å². The van der Waals surface area contributed by atoms with Crippen LogP contribution >= 0.6 is 11.6 Å². The van der Waals surface area contributed by atoms with Gasteiger partial charge in [-0.25, -0.2) is 0 Å². The summed E-state index contributed by atoms with van der Waals surface area (Å²) >= 11 is 5.82. The van der Waals surface area contributed by atoms with Crippen LogP contribution in [0.25, 0.3) is 0 Å². The monoisotopic (exact) mass is 374 g/mol. The SMILES string of the molecule is CC(=O)NC(CC(=O)NCCOc1ccc(Cl)cc1)c1ccc(C)cc1. The molecule has 0 heterocycles. The number of hydrogen-bond donors (Lipinski definition) is 2. The molecule has 2 aromatic rings. The van der Waals surface area contributed by atoms with Crippen molar-refractivity contribution in [2.45, 2.75) is 26.3 Å². The predicted molar refractivity (Wildman–Crippen MR) is 102 cm³/mol. The van der Waals surface area contributed by atoms with Crippen LogP contribution in [0.4, 0.5) is 0 Å². The molecule has 2 amide bonds. The van der Waals surface area contributed by atoms with Crippen LogP contribution in [0, 0.1) is 6.92 Å². The van der Waals surface area contributed by atoms with Crippen LogP contribution in [0.1, 0.15) is 30.5 Å². The van der Waals surface area contributed by atoms with Gasteiger partial charge in [0.2, 0.25) is 11.8 Å². The van der Waals surface area contributed by atoms with Crippen LogP contribution < -0.4 is 15.4 Å². The first-order valence-electron chi connectivity index (χ1n) is 8.43. The smallest absolute Gasteiger partial charge is 0.222 e. The maximum Gasteiger partial charge on any atom is 0.222 e. The third kappa shape index (κ3) is 6.76. The lowest BCUT2D eigenvalue weighted by Crippen LogP contribution is -2.34. The molecular weight excluding hydrogens is 352 g/mol. The van der Waals surface area contributed by atoms with Gasteiger partial charge in [0.05, 0.1) is 19.0 Å². The lowest BCUT2D eigenvalue weighted by molar-refractivity contribution is -0.122. The summed E-state index contributed by atoms with van der Waals surface area (Å²) in [6, 6.07) is 14.4. The summed E-state index contributed by atoms with van der Waals surface area (Å²) in [5, 5.41) is 6.28. The van der Waals surface area contributed by atoms with Crippen LogP contribution in [0.3, 0.4) is 0 Å². The molecule has 0 bridgehead atoms. The normalized spacial score (nSPS) is 11.5. The molecule has 2 rings (SSSR count). The van der Waals surface area contributed by atoms with Crippen LogP contribution in [0.5, 0.6) is 5.75 Å². The molecule has 26 heavy (non-hydrogen) atoms. The van der Waals surface area contributed by atoms with E-state index in [1.165, 1.54) is 6.92 Å². The molecule has 0 aliphatic carbocycles. The fraction of sp³-hybridized carbons (Fsp3) is 0.300. The van der Waals surface area contributed by atoms with Crippen molar-refractivity contribution >= 4 is 23.4 Å². The van der Waals surface area contributed by atoms with Crippen molar-refractivity contribution in [2.75, 3.05) is 13.2 Å². The molecule has 0 aliphatic rings. The van der Waals surface area contributed by atoms with Crippen LogP contribution in [0.15, 0.2) is 48.5 Å². The van der Waals surface area contributed by atoms with E-state index >= 15 is 0 Å². The Bertz CT molecular complexity index is 730. The predicted octanol–water partition coefficient (Wildman–Crippen LogP) is 3.41. The van der Waals surface area contributed by atoms with Crippen molar-refractivity contribution in [3.8, 4) is 5.75 Å². The lowest BCUT2D eigenvalue weighted by atomic mass is 10.0. The number of halogens is 1. The second-order valence-electron chi connectivity index (χ2n) is 6.02. The lowest BCUT2D eigenvalue weighted by Gasteiger charge is -2.18. The molecule has 0 spiro atoms. The fourth-order valence-electron chi connectivity index (χ4n) is 2.44. The topological polar surface area (TPSA) is 67.4 Å². The zero-order valence-corrected chi connectivity index (χ0v) is 15.7. The largest absolute Gasteiger partial charge is 0.492 e. The third-order valence-corrected chi connectivity index (χ3v) is 4.01. The van der Waals surface area contributed by atoms with Crippen molar-refractivity contribution < 1.29 is 14.3 Å². The average Bonchev–Trinajstić information content (AvgIpc) is 2.60. The highest BCUT2D eigenvalue weighted by atomic mass is 35.5. The minimum atomic E-state index is -0.356.